The quantitative estimate of drug-likeness (QED) is 0.864. The number of nitrogens with one attached hydrogen (secondary N) is 1. The van der Waals surface area contributed by atoms with Gasteiger partial charge in [-0.25, -0.2) is 0 Å². The lowest BCUT2D eigenvalue weighted by atomic mass is 10.1. The first-order valence-electron chi connectivity index (χ1n) is 6.48. The van der Waals surface area contributed by atoms with Gasteiger partial charge < -0.3 is 10.4 Å². The Labute approximate surface area is 121 Å². The first-order chi connectivity index (χ1) is 9.79. The molecule has 0 aliphatic rings. The molecule has 0 aromatic heterocycles. The summed E-state index contributed by atoms with van der Waals surface area (Å²) in [6, 6.07) is 8.88. The number of alkyl halides is 3. The molecule has 0 fully saturated rings. The van der Waals surface area contributed by atoms with Crippen LogP contribution in [-0.2, 0) is 12.7 Å². The minimum Gasteiger partial charge on any atom is -0.507 e. The lowest BCUT2D eigenvalue weighted by Crippen LogP contribution is -2.10. The topological polar surface area (TPSA) is 32.3 Å². The molecule has 2 aromatic rings. The maximum atomic E-state index is 12.9. The third kappa shape index (κ3) is 3.48. The van der Waals surface area contributed by atoms with E-state index in [0.717, 1.165) is 11.6 Å². The molecule has 0 spiro atoms. The van der Waals surface area contributed by atoms with E-state index in [1.165, 1.54) is 12.1 Å². The number of phenols is 1. The van der Waals surface area contributed by atoms with E-state index in [1.807, 2.05) is 13.0 Å². The molecule has 0 aliphatic heterocycles. The van der Waals surface area contributed by atoms with Crippen molar-refractivity contribution in [3.05, 3.63) is 58.7 Å². The van der Waals surface area contributed by atoms with Crippen LogP contribution in [0.3, 0.4) is 0 Å². The fourth-order valence-corrected chi connectivity index (χ4v) is 2.26. The molecule has 0 saturated carbocycles. The van der Waals surface area contributed by atoms with Gasteiger partial charge in [-0.15, -0.1) is 0 Å². The Morgan fingerprint density at radius 2 is 1.76 bits per heavy atom. The van der Waals surface area contributed by atoms with Crippen LogP contribution in [0.5, 0.6) is 5.75 Å². The first-order valence-corrected chi connectivity index (χ1v) is 6.48. The molecule has 2 nitrogen and oxygen atoms in total. The smallest absolute Gasteiger partial charge is 0.418 e. The van der Waals surface area contributed by atoms with Crippen molar-refractivity contribution in [3.8, 4) is 5.75 Å². The van der Waals surface area contributed by atoms with Gasteiger partial charge in [-0.1, -0.05) is 29.8 Å². The Morgan fingerprint density at radius 3 is 2.43 bits per heavy atom. The molecule has 21 heavy (non-hydrogen) atoms. The van der Waals surface area contributed by atoms with E-state index in [0.29, 0.717) is 11.1 Å². The van der Waals surface area contributed by atoms with Crippen molar-refractivity contribution in [1.82, 2.24) is 0 Å². The highest BCUT2D eigenvalue weighted by atomic mass is 19.4. The van der Waals surface area contributed by atoms with Gasteiger partial charge in [0, 0.05) is 17.8 Å². The summed E-state index contributed by atoms with van der Waals surface area (Å²) in [6.07, 6.45) is -4.41. The number of anilines is 1. The molecule has 0 aliphatic carbocycles. The fourth-order valence-electron chi connectivity index (χ4n) is 2.26. The van der Waals surface area contributed by atoms with Crippen LogP contribution in [0.25, 0.3) is 0 Å². The minimum atomic E-state index is -4.41. The molecule has 112 valence electrons. The van der Waals surface area contributed by atoms with Crippen molar-refractivity contribution in [2.75, 3.05) is 5.32 Å². The average molecular weight is 295 g/mol. The predicted molar refractivity (Wildman–Crippen MR) is 76.4 cm³/mol. The Morgan fingerprint density at radius 1 is 1.10 bits per heavy atom. The molecule has 0 heterocycles. The number of aromatic hydroxyl groups is 1. The molecular formula is C16H16F3NO. The van der Waals surface area contributed by atoms with Gasteiger partial charge in [0.15, 0.2) is 0 Å². The van der Waals surface area contributed by atoms with Crippen LogP contribution in [0.2, 0.25) is 0 Å². The van der Waals surface area contributed by atoms with Gasteiger partial charge >= 0.3 is 6.18 Å². The highest BCUT2D eigenvalue weighted by Crippen LogP contribution is 2.35. The largest absolute Gasteiger partial charge is 0.507 e. The van der Waals surface area contributed by atoms with Crippen molar-refractivity contribution in [3.63, 3.8) is 0 Å². The number of hydrogen-bond acceptors (Lipinski definition) is 2. The standard InChI is InChI=1S/C16H16F3NO/c1-10-7-11(2)15(21)12(8-10)9-20-14-6-4-3-5-13(14)16(17,18)19/h3-8,20-21H,9H2,1-2H3. The van der Waals surface area contributed by atoms with E-state index < -0.39 is 11.7 Å². The van der Waals surface area contributed by atoms with E-state index in [-0.39, 0.29) is 18.0 Å². The third-order valence-corrected chi connectivity index (χ3v) is 3.23. The van der Waals surface area contributed by atoms with Gasteiger partial charge in [-0.2, -0.15) is 13.2 Å². The number of phenolic OH excluding ortho intramolecular Hbond substituents is 1. The summed E-state index contributed by atoms with van der Waals surface area (Å²) in [6.45, 7) is 3.76. The number of para-hydroxylation sites is 1. The number of benzene rings is 2. The Balaban J connectivity index is 2.26. The van der Waals surface area contributed by atoms with Crippen LogP contribution in [0.15, 0.2) is 36.4 Å². The Bertz CT molecular complexity index is 650. The van der Waals surface area contributed by atoms with Gasteiger partial charge in [-0.05, 0) is 31.5 Å². The second-order valence-electron chi connectivity index (χ2n) is 4.99. The molecule has 0 amide bonds. The fraction of sp³-hybridized carbons (Fsp3) is 0.250. The molecule has 5 heteroatoms. The summed E-state index contributed by atoms with van der Waals surface area (Å²) in [5.74, 6) is 0.109. The van der Waals surface area contributed by atoms with Gasteiger partial charge in [0.2, 0.25) is 0 Å². The molecule has 0 bridgehead atoms. The summed E-state index contributed by atoms with van der Waals surface area (Å²) >= 11 is 0. The molecule has 0 atom stereocenters. The zero-order chi connectivity index (χ0) is 15.6. The van der Waals surface area contributed by atoms with Crippen LogP contribution >= 0.6 is 0 Å². The monoisotopic (exact) mass is 295 g/mol. The number of halogens is 3. The maximum Gasteiger partial charge on any atom is 0.418 e. The van der Waals surface area contributed by atoms with Gasteiger partial charge in [0.1, 0.15) is 5.75 Å². The Hall–Kier alpha value is -2.17. The van der Waals surface area contributed by atoms with Crippen molar-refractivity contribution in [1.29, 1.82) is 0 Å². The summed E-state index contributed by atoms with van der Waals surface area (Å²) < 4.78 is 38.7. The molecular weight excluding hydrogens is 279 g/mol. The normalized spacial score (nSPS) is 11.5. The summed E-state index contributed by atoms with van der Waals surface area (Å²) in [5.41, 5.74) is 1.52. The highest BCUT2D eigenvalue weighted by molar-refractivity contribution is 5.54. The maximum absolute atomic E-state index is 12.9. The van der Waals surface area contributed by atoms with Crippen LogP contribution in [0.1, 0.15) is 22.3 Å². The van der Waals surface area contributed by atoms with Crippen LogP contribution in [0, 0.1) is 13.8 Å². The summed E-state index contributed by atoms with van der Waals surface area (Å²) in [7, 11) is 0. The van der Waals surface area contributed by atoms with Crippen LogP contribution in [0.4, 0.5) is 18.9 Å². The van der Waals surface area contributed by atoms with Crippen molar-refractivity contribution in [2.45, 2.75) is 26.6 Å². The van der Waals surface area contributed by atoms with Crippen molar-refractivity contribution >= 4 is 5.69 Å². The van der Waals surface area contributed by atoms with E-state index in [2.05, 4.69) is 5.32 Å². The average Bonchev–Trinajstić information content (AvgIpc) is 2.40. The molecule has 2 N–H and O–H groups in total. The molecule has 0 saturated heterocycles. The molecule has 2 aromatic carbocycles. The predicted octanol–water partition coefficient (Wildman–Crippen LogP) is 4.64. The lowest BCUT2D eigenvalue weighted by molar-refractivity contribution is -0.136. The van der Waals surface area contributed by atoms with Crippen molar-refractivity contribution < 1.29 is 18.3 Å². The third-order valence-electron chi connectivity index (χ3n) is 3.23. The van der Waals surface area contributed by atoms with Crippen LogP contribution < -0.4 is 5.32 Å². The lowest BCUT2D eigenvalue weighted by Gasteiger charge is -2.15. The summed E-state index contributed by atoms with van der Waals surface area (Å²) in [4.78, 5) is 0. The van der Waals surface area contributed by atoms with E-state index >= 15 is 0 Å². The van der Waals surface area contributed by atoms with Gasteiger partial charge in [0.05, 0.1) is 5.56 Å². The van der Waals surface area contributed by atoms with Crippen molar-refractivity contribution in [2.24, 2.45) is 0 Å². The van der Waals surface area contributed by atoms with E-state index in [1.54, 1.807) is 19.1 Å². The van der Waals surface area contributed by atoms with Crippen LogP contribution in [-0.4, -0.2) is 5.11 Å². The number of hydrogen-bond donors (Lipinski definition) is 2. The van der Waals surface area contributed by atoms with Gasteiger partial charge in [0.25, 0.3) is 0 Å². The highest BCUT2D eigenvalue weighted by Gasteiger charge is 2.33. The molecule has 0 unspecified atom stereocenters. The van der Waals surface area contributed by atoms with E-state index in [9.17, 15) is 18.3 Å². The zero-order valence-corrected chi connectivity index (χ0v) is 11.8. The van der Waals surface area contributed by atoms with Gasteiger partial charge in [-0.3, -0.25) is 0 Å². The second kappa shape index (κ2) is 5.68. The van der Waals surface area contributed by atoms with E-state index in [4.69, 9.17) is 0 Å². The molecule has 0 radical (unpaired) electrons. The second-order valence-corrected chi connectivity index (χ2v) is 4.99. The number of aryl methyl sites for hydroxylation is 2. The summed E-state index contributed by atoms with van der Waals surface area (Å²) in [5, 5.41) is 12.7. The number of rotatable bonds is 3. The zero-order valence-electron chi connectivity index (χ0n) is 11.8. The Kier molecular flexibility index (Phi) is 4.11. The molecule has 2 rings (SSSR count). The first kappa shape index (κ1) is 15.2. The SMILES string of the molecule is Cc1cc(C)c(O)c(CNc2ccccc2C(F)(F)F)c1. The minimum absolute atomic E-state index is 0.00330.